The van der Waals surface area contributed by atoms with Gasteiger partial charge in [0.2, 0.25) is 0 Å². The van der Waals surface area contributed by atoms with Crippen LogP contribution in [0.5, 0.6) is 0 Å². The summed E-state index contributed by atoms with van der Waals surface area (Å²) in [5, 5.41) is 0.373. The van der Waals surface area contributed by atoms with Gasteiger partial charge in [-0.15, -0.1) is 0 Å². The molecule has 2 aromatic carbocycles. The van der Waals surface area contributed by atoms with Gasteiger partial charge in [-0.2, -0.15) is 0 Å². The fraction of sp³-hybridized carbons (Fsp3) is 0. The largest absolute Gasteiger partial charge is 0.330 e. The van der Waals surface area contributed by atoms with E-state index in [-0.39, 0.29) is 10.0 Å². The molecule has 20 heavy (non-hydrogen) atoms. The van der Waals surface area contributed by atoms with Crippen molar-refractivity contribution in [2.75, 3.05) is 0 Å². The summed E-state index contributed by atoms with van der Waals surface area (Å²) < 4.78 is 15.6. The molecule has 1 N–H and O–H groups in total. The van der Waals surface area contributed by atoms with E-state index < -0.39 is 5.82 Å². The maximum absolute atomic E-state index is 13.5. The standard InChI is InChI=1S/C13H6Cl3FN2S/c14-7-2-1-3-10-12(7)19(13(20)18-10)6-4-8(15)11(17)9(16)5-6/h1-5H,(H,18,20). The molecule has 0 amide bonds. The van der Waals surface area contributed by atoms with E-state index >= 15 is 0 Å². The highest BCUT2D eigenvalue weighted by Gasteiger charge is 2.13. The van der Waals surface area contributed by atoms with Crippen molar-refractivity contribution in [3.8, 4) is 5.69 Å². The highest BCUT2D eigenvalue weighted by molar-refractivity contribution is 7.71. The Labute approximate surface area is 133 Å². The molecular weight excluding hydrogens is 342 g/mol. The third-order valence-corrected chi connectivity index (χ3v) is 4.02. The summed E-state index contributed by atoms with van der Waals surface area (Å²) in [5.74, 6) is -0.658. The number of benzene rings is 2. The number of para-hydroxylation sites is 1. The Morgan fingerprint density at radius 3 is 2.35 bits per heavy atom. The second-order valence-electron chi connectivity index (χ2n) is 4.12. The van der Waals surface area contributed by atoms with Crippen LogP contribution in [-0.4, -0.2) is 9.55 Å². The molecule has 1 heterocycles. The molecule has 0 aliphatic heterocycles. The van der Waals surface area contributed by atoms with Gasteiger partial charge in [0, 0.05) is 0 Å². The summed E-state index contributed by atoms with van der Waals surface area (Å²) in [6.45, 7) is 0. The maximum Gasteiger partial charge on any atom is 0.182 e. The van der Waals surface area contributed by atoms with Crippen LogP contribution in [0.1, 0.15) is 0 Å². The molecule has 3 aromatic rings. The first kappa shape index (κ1) is 13.9. The summed E-state index contributed by atoms with van der Waals surface area (Å²) in [7, 11) is 0. The van der Waals surface area contributed by atoms with Crippen LogP contribution in [0.25, 0.3) is 16.7 Å². The Morgan fingerprint density at radius 2 is 1.70 bits per heavy atom. The monoisotopic (exact) mass is 346 g/mol. The topological polar surface area (TPSA) is 20.7 Å². The van der Waals surface area contributed by atoms with Gasteiger partial charge in [-0.25, -0.2) is 4.39 Å². The van der Waals surface area contributed by atoms with Gasteiger partial charge >= 0.3 is 0 Å². The van der Waals surface area contributed by atoms with Gasteiger partial charge in [-0.05, 0) is 36.5 Å². The second-order valence-corrected chi connectivity index (χ2v) is 5.73. The summed E-state index contributed by atoms with van der Waals surface area (Å²) in [5.41, 5.74) is 2.02. The molecule has 7 heteroatoms. The molecule has 0 spiro atoms. The first-order valence-electron chi connectivity index (χ1n) is 5.53. The Morgan fingerprint density at radius 1 is 1.05 bits per heavy atom. The van der Waals surface area contributed by atoms with Gasteiger partial charge in [0.15, 0.2) is 10.6 Å². The summed E-state index contributed by atoms with van der Waals surface area (Å²) in [6.07, 6.45) is 0. The number of aromatic amines is 1. The first-order chi connectivity index (χ1) is 9.49. The number of hydrogen-bond donors (Lipinski definition) is 1. The molecule has 0 unspecified atom stereocenters. The predicted molar refractivity (Wildman–Crippen MR) is 83.4 cm³/mol. The van der Waals surface area contributed by atoms with Crippen molar-refractivity contribution in [2.45, 2.75) is 0 Å². The van der Waals surface area contributed by atoms with Crippen molar-refractivity contribution >= 4 is 58.1 Å². The van der Waals surface area contributed by atoms with E-state index in [1.807, 2.05) is 12.1 Å². The number of imidazole rings is 1. The van der Waals surface area contributed by atoms with Crippen LogP contribution in [-0.2, 0) is 0 Å². The van der Waals surface area contributed by atoms with Crippen molar-refractivity contribution in [3.05, 3.63) is 56.0 Å². The van der Waals surface area contributed by atoms with Crippen molar-refractivity contribution in [2.24, 2.45) is 0 Å². The van der Waals surface area contributed by atoms with Gasteiger partial charge in [-0.1, -0.05) is 40.9 Å². The van der Waals surface area contributed by atoms with E-state index in [0.717, 1.165) is 5.52 Å². The first-order valence-corrected chi connectivity index (χ1v) is 7.07. The Kier molecular flexibility index (Phi) is 3.50. The minimum atomic E-state index is -0.658. The van der Waals surface area contributed by atoms with E-state index in [1.165, 1.54) is 12.1 Å². The van der Waals surface area contributed by atoms with E-state index in [1.54, 1.807) is 10.6 Å². The number of nitrogens with zero attached hydrogens (tertiary/aromatic N) is 1. The highest BCUT2D eigenvalue weighted by Crippen LogP contribution is 2.31. The normalized spacial score (nSPS) is 11.2. The summed E-state index contributed by atoms with van der Waals surface area (Å²) in [6, 6.07) is 8.31. The fourth-order valence-electron chi connectivity index (χ4n) is 2.03. The lowest BCUT2D eigenvalue weighted by molar-refractivity contribution is 0.628. The smallest absolute Gasteiger partial charge is 0.182 e. The number of halogens is 4. The van der Waals surface area contributed by atoms with Crippen LogP contribution in [0, 0.1) is 10.6 Å². The van der Waals surface area contributed by atoms with Crippen molar-refractivity contribution in [1.82, 2.24) is 9.55 Å². The summed E-state index contributed by atoms with van der Waals surface area (Å²) in [4.78, 5) is 3.03. The molecule has 3 rings (SSSR count). The van der Waals surface area contributed by atoms with E-state index in [4.69, 9.17) is 47.0 Å². The third kappa shape index (κ3) is 2.13. The highest BCUT2D eigenvalue weighted by atomic mass is 35.5. The molecular formula is C13H6Cl3FN2S. The molecule has 0 radical (unpaired) electrons. The number of aromatic nitrogens is 2. The van der Waals surface area contributed by atoms with Gasteiger partial charge in [0.05, 0.1) is 31.8 Å². The molecule has 0 saturated heterocycles. The number of H-pyrrole nitrogens is 1. The Bertz CT molecular complexity index is 862. The maximum atomic E-state index is 13.5. The lowest BCUT2D eigenvalue weighted by atomic mass is 10.2. The molecule has 0 aliphatic rings. The lowest BCUT2D eigenvalue weighted by Gasteiger charge is -2.08. The molecule has 1 aromatic heterocycles. The Hall–Kier alpha value is -1.07. The molecule has 2 nitrogen and oxygen atoms in total. The van der Waals surface area contributed by atoms with Crippen LogP contribution < -0.4 is 0 Å². The quantitative estimate of drug-likeness (QED) is 0.436. The molecule has 0 aliphatic carbocycles. The summed E-state index contributed by atoms with van der Waals surface area (Å²) >= 11 is 23.2. The van der Waals surface area contributed by atoms with Gasteiger partial charge in [-0.3, -0.25) is 4.57 Å². The van der Waals surface area contributed by atoms with Crippen LogP contribution in [0.3, 0.4) is 0 Å². The number of rotatable bonds is 1. The van der Waals surface area contributed by atoms with E-state index in [0.29, 0.717) is 21.0 Å². The molecule has 0 bridgehead atoms. The second kappa shape index (κ2) is 5.04. The zero-order valence-corrected chi connectivity index (χ0v) is 12.8. The van der Waals surface area contributed by atoms with Crippen LogP contribution >= 0.6 is 47.0 Å². The van der Waals surface area contributed by atoms with E-state index in [9.17, 15) is 4.39 Å². The van der Waals surface area contributed by atoms with E-state index in [2.05, 4.69) is 4.98 Å². The molecule has 0 atom stereocenters. The lowest BCUT2D eigenvalue weighted by Crippen LogP contribution is -1.96. The van der Waals surface area contributed by atoms with Crippen LogP contribution in [0.2, 0.25) is 15.1 Å². The van der Waals surface area contributed by atoms with Gasteiger partial charge in [0.1, 0.15) is 0 Å². The van der Waals surface area contributed by atoms with Gasteiger partial charge in [0.25, 0.3) is 0 Å². The number of fused-ring (bicyclic) bond motifs is 1. The van der Waals surface area contributed by atoms with Crippen molar-refractivity contribution in [1.29, 1.82) is 0 Å². The number of nitrogens with one attached hydrogen (secondary N) is 1. The average Bonchev–Trinajstić information content (AvgIpc) is 2.73. The third-order valence-electron chi connectivity index (χ3n) is 2.88. The Balaban J connectivity index is 2.41. The molecule has 102 valence electrons. The minimum Gasteiger partial charge on any atom is -0.330 e. The zero-order valence-electron chi connectivity index (χ0n) is 9.75. The zero-order chi connectivity index (χ0) is 14.4. The van der Waals surface area contributed by atoms with Crippen molar-refractivity contribution in [3.63, 3.8) is 0 Å². The SMILES string of the molecule is Fc1c(Cl)cc(-n2c(=S)[nH]c3cccc(Cl)c32)cc1Cl. The van der Waals surface area contributed by atoms with Crippen LogP contribution in [0.15, 0.2) is 30.3 Å². The number of hydrogen-bond acceptors (Lipinski definition) is 1. The minimum absolute atomic E-state index is 0.0733. The molecule has 0 saturated carbocycles. The van der Waals surface area contributed by atoms with Crippen LogP contribution in [0.4, 0.5) is 4.39 Å². The fourth-order valence-corrected chi connectivity index (χ4v) is 3.07. The predicted octanol–water partition coefficient (Wildman–Crippen LogP) is 5.79. The van der Waals surface area contributed by atoms with Gasteiger partial charge < -0.3 is 4.98 Å². The van der Waals surface area contributed by atoms with Crippen molar-refractivity contribution < 1.29 is 4.39 Å². The average molecular weight is 348 g/mol. The molecule has 0 fully saturated rings.